The highest BCUT2D eigenvalue weighted by molar-refractivity contribution is 7.18. The zero-order valence-corrected chi connectivity index (χ0v) is 20.2. The maximum Gasteiger partial charge on any atom is 0.413 e. The number of amides is 2. The number of nitrogens with one attached hydrogen (secondary N) is 2. The van der Waals surface area contributed by atoms with E-state index < -0.39 is 29.9 Å². The number of ether oxygens (including phenoxy) is 2. The molecule has 4 rings (SSSR count). The number of aliphatic hydroxyl groups excluding tert-OH is 1. The van der Waals surface area contributed by atoms with E-state index in [9.17, 15) is 19.5 Å². The number of rotatable bonds is 6. The minimum atomic E-state index is -1.57. The summed E-state index contributed by atoms with van der Waals surface area (Å²) in [6.45, 7) is 2.13. The molecule has 2 heterocycles. The van der Waals surface area contributed by atoms with Crippen molar-refractivity contribution < 1.29 is 29.0 Å². The van der Waals surface area contributed by atoms with Crippen molar-refractivity contribution in [2.24, 2.45) is 0 Å². The Hall–Kier alpha value is -2.66. The summed E-state index contributed by atoms with van der Waals surface area (Å²) in [6.07, 6.45) is -1.27. The van der Waals surface area contributed by atoms with Crippen LogP contribution in [-0.4, -0.2) is 66.5 Å². The molecule has 1 aliphatic carbocycles. The maximum absolute atomic E-state index is 12.9. The summed E-state index contributed by atoms with van der Waals surface area (Å²) in [5.74, 6) is -0.516. The van der Waals surface area contributed by atoms with Crippen LogP contribution in [0.5, 0.6) is 0 Å². The van der Waals surface area contributed by atoms with Crippen LogP contribution < -0.4 is 10.6 Å². The standard InChI is InChI=1S/C23H26ClN3O6S/c1-27-8-6-14-2-3-16(10-15(14)7-9-27)25-22(31)33-23(11-17(29)18(12-23)32-13-28)26-21(30)19-4-5-20(24)34-19/h2-5,10,13,17-18,29H,6-9,11-12H2,1H3,(H,25,31)(H,26,30). The molecule has 9 nitrogen and oxygen atoms in total. The third kappa shape index (κ3) is 5.69. The SMILES string of the molecule is CN1CCc2ccc(NC(=O)OC3(NC(=O)c4ccc(Cl)s4)CC(O)C(OC=O)C3)cc2CC1. The summed E-state index contributed by atoms with van der Waals surface area (Å²) in [5.41, 5.74) is 1.41. The predicted molar refractivity (Wildman–Crippen MR) is 127 cm³/mol. The average Bonchev–Trinajstić information content (AvgIpc) is 3.28. The summed E-state index contributed by atoms with van der Waals surface area (Å²) in [7, 11) is 2.08. The Labute approximate surface area is 206 Å². The molecule has 1 aromatic carbocycles. The second-order valence-electron chi connectivity index (χ2n) is 8.60. The summed E-state index contributed by atoms with van der Waals surface area (Å²) < 4.78 is 11.0. The molecule has 1 saturated carbocycles. The van der Waals surface area contributed by atoms with Gasteiger partial charge in [0.2, 0.25) is 0 Å². The van der Waals surface area contributed by atoms with E-state index in [0.717, 1.165) is 42.8 Å². The van der Waals surface area contributed by atoms with Crippen LogP contribution in [0.1, 0.15) is 33.6 Å². The molecule has 2 aromatic rings. The van der Waals surface area contributed by atoms with Crippen molar-refractivity contribution in [3.63, 3.8) is 0 Å². The molecule has 3 N–H and O–H groups in total. The lowest BCUT2D eigenvalue weighted by Crippen LogP contribution is -2.51. The molecule has 0 bridgehead atoms. The van der Waals surface area contributed by atoms with Crippen molar-refractivity contribution in [3.8, 4) is 0 Å². The van der Waals surface area contributed by atoms with Crippen molar-refractivity contribution in [1.29, 1.82) is 0 Å². The summed E-state index contributed by atoms with van der Waals surface area (Å²) in [6, 6.07) is 8.87. The van der Waals surface area contributed by atoms with E-state index in [4.69, 9.17) is 21.1 Å². The van der Waals surface area contributed by atoms with Gasteiger partial charge < -0.3 is 24.8 Å². The number of carbonyl (C=O) groups is 3. The first kappa shape index (κ1) is 24.5. The van der Waals surface area contributed by atoms with Gasteiger partial charge in [0.1, 0.15) is 6.10 Å². The van der Waals surface area contributed by atoms with Gasteiger partial charge in [-0.05, 0) is 55.3 Å². The summed E-state index contributed by atoms with van der Waals surface area (Å²) >= 11 is 7.00. The Balaban J connectivity index is 1.49. The molecule has 1 aromatic heterocycles. The zero-order chi connectivity index (χ0) is 24.3. The van der Waals surface area contributed by atoms with E-state index in [1.54, 1.807) is 12.1 Å². The molecule has 1 aliphatic heterocycles. The number of carbonyl (C=O) groups excluding carboxylic acids is 3. The van der Waals surface area contributed by atoms with Gasteiger partial charge in [0.05, 0.1) is 15.3 Å². The number of likely N-dealkylation sites (N-methyl/N-ethyl adjacent to an activating group) is 1. The Morgan fingerprint density at radius 3 is 2.68 bits per heavy atom. The average molecular weight is 508 g/mol. The molecule has 34 heavy (non-hydrogen) atoms. The lowest BCUT2D eigenvalue weighted by Gasteiger charge is -2.30. The number of hydrogen-bond acceptors (Lipinski definition) is 8. The van der Waals surface area contributed by atoms with Gasteiger partial charge in [-0.15, -0.1) is 11.3 Å². The van der Waals surface area contributed by atoms with Crippen LogP contribution in [-0.2, 0) is 27.1 Å². The molecule has 2 amide bonds. The lowest BCUT2D eigenvalue weighted by molar-refractivity contribution is -0.137. The molecule has 2 aliphatic rings. The van der Waals surface area contributed by atoms with Crippen molar-refractivity contribution in [1.82, 2.24) is 10.2 Å². The molecule has 3 atom stereocenters. The number of nitrogens with zero attached hydrogens (tertiary/aromatic N) is 1. The van der Waals surface area contributed by atoms with Crippen LogP contribution >= 0.6 is 22.9 Å². The monoisotopic (exact) mass is 507 g/mol. The second kappa shape index (κ2) is 10.3. The number of benzene rings is 1. The fourth-order valence-corrected chi connectivity index (χ4v) is 5.31. The van der Waals surface area contributed by atoms with Gasteiger partial charge >= 0.3 is 6.09 Å². The Kier molecular flexibility index (Phi) is 7.42. The van der Waals surface area contributed by atoms with Gasteiger partial charge in [-0.3, -0.25) is 14.9 Å². The first-order valence-electron chi connectivity index (χ1n) is 10.9. The smallest absolute Gasteiger partial charge is 0.413 e. The highest BCUT2D eigenvalue weighted by atomic mass is 35.5. The summed E-state index contributed by atoms with van der Waals surface area (Å²) in [4.78, 5) is 39.0. The van der Waals surface area contributed by atoms with Crippen LogP contribution in [0.4, 0.5) is 10.5 Å². The number of fused-ring (bicyclic) bond motifs is 1. The third-order valence-electron chi connectivity index (χ3n) is 6.13. The van der Waals surface area contributed by atoms with Crippen LogP contribution in [0, 0.1) is 0 Å². The van der Waals surface area contributed by atoms with E-state index >= 15 is 0 Å². The Morgan fingerprint density at radius 2 is 1.97 bits per heavy atom. The summed E-state index contributed by atoms with van der Waals surface area (Å²) in [5, 5.41) is 15.8. The third-order valence-corrected chi connectivity index (χ3v) is 7.36. The predicted octanol–water partition coefficient (Wildman–Crippen LogP) is 2.80. The van der Waals surface area contributed by atoms with Gasteiger partial charge in [0.25, 0.3) is 12.4 Å². The molecule has 0 spiro atoms. The quantitative estimate of drug-likeness (QED) is 0.406. The number of hydrogen-bond donors (Lipinski definition) is 3. The van der Waals surface area contributed by atoms with Crippen LogP contribution in [0.3, 0.4) is 0 Å². The minimum Gasteiger partial charge on any atom is -0.462 e. The van der Waals surface area contributed by atoms with Gasteiger partial charge in [0.15, 0.2) is 5.72 Å². The van der Waals surface area contributed by atoms with E-state index in [-0.39, 0.29) is 19.3 Å². The van der Waals surface area contributed by atoms with E-state index in [1.807, 2.05) is 18.2 Å². The highest BCUT2D eigenvalue weighted by Gasteiger charge is 2.50. The largest absolute Gasteiger partial charge is 0.462 e. The molecular formula is C23H26ClN3O6S. The lowest BCUT2D eigenvalue weighted by atomic mass is 10.0. The number of anilines is 1. The van der Waals surface area contributed by atoms with Crippen molar-refractivity contribution in [3.05, 3.63) is 50.7 Å². The number of aliphatic hydroxyl groups is 1. The number of thiophene rings is 1. The fourth-order valence-electron chi connectivity index (χ4n) is 4.38. The van der Waals surface area contributed by atoms with Crippen molar-refractivity contribution in [2.45, 2.75) is 43.6 Å². The topological polar surface area (TPSA) is 117 Å². The molecule has 182 valence electrons. The zero-order valence-electron chi connectivity index (χ0n) is 18.6. The molecule has 0 radical (unpaired) electrons. The van der Waals surface area contributed by atoms with Gasteiger partial charge in [0, 0.05) is 31.6 Å². The van der Waals surface area contributed by atoms with Gasteiger partial charge in [-0.2, -0.15) is 0 Å². The van der Waals surface area contributed by atoms with Crippen molar-refractivity contribution in [2.75, 3.05) is 25.5 Å². The molecular weight excluding hydrogens is 482 g/mol. The van der Waals surface area contributed by atoms with Gasteiger partial charge in [-0.25, -0.2) is 4.79 Å². The minimum absolute atomic E-state index is 0.0955. The first-order valence-corrected chi connectivity index (χ1v) is 12.1. The van der Waals surface area contributed by atoms with Crippen LogP contribution in [0.25, 0.3) is 0 Å². The molecule has 3 unspecified atom stereocenters. The Morgan fingerprint density at radius 1 is 1.21 bits per heavy atom. The van der Waals surface area contributed by atoms with Gasteiger partial charge in [-0.1, -0.05) is 17.7 Å². The normalized spacial score (nSPS) is 24.6. The van der Waals surface area contributed by atoms with Crippen LogP contribution in [0.15, 0.2) is 30.3 Å². The second-order valence-corrected chi connectivity index (χ2v) is 10.3. The van der Waals surface area contributed by atoms with E-state index in [0.29, 0.717) is 14.9 Å². The molecule has 0 saturated heterocycles. The maximum atomic E-state index is 12.9. The van der Waals surface area contributed by atoms with Crippen LogP contribution in [0.2, 0.25) is 4.34 Å². The molecule has 1 fully saturated rings. The molecule has 11 heteroatoms. The number of halogens is 1. The first-order chi connectivity index (χ1) is 16.3. The Bertz CT molecular complexity index is 1080. The van der Waals surface area contributed by atoms with E-state index in [2.05, 4.69) is 22.6 Å². The fraction of sp³-hybridized carbons (Fsp3) is 0.435. The van der Waals surface area contributed by atoms with E-state index in [1.165, 1.54) is 5.56 Å². The van der Waals surface area contributed by atoms with Crippen molar-refractivity contribution >= 4 is 47.1 Å². The highest BCUT2D eigenvalue weighted by Crippen LogP contribution is 2.35.